The van der Waals surface area contributed by atoms with Crippen molar-refractivity contribution in [2.24, 2.45) is 0 Å². The molecule has 14 heavy (non-hydrogen) atoms. The van der Waals surface area contributed by atoms with E-state index >= 15 is 0 Å². The quantitative estimate of drug-likeness (QED) is 0.784. The van der Waals surface area contributed by atoms with Crippen LogP contribution in [-0.2, 0) is 21.0 Å². The first-order valence-electron chi connectivity index (χ1n) is 4.31. The van der Waals surface area contributed by atoms with E-state index in [1.165, 1.54) is 17.6 Å². The van der Waals surface area contributed by atoms with E-state index in [9.17, 15) is 8.42 Å². The van der Waals surface area contributed by atoms with Crippen LogP contribution >= 0.6 is 11.3 Å². The molecular formula is C9H15NO2S2. The average Bonchev–Trinajstić information content (AvgIpc) is 2.29. The lowest BCUT2D eigenvalue weighted by atomic mass is 9.96. The monoisotopic (exact) mass is 233 g/mol. The second-order valence-electron chi connectivity index (χ2n) is 4.44. The van der Waals surface area contributed by atoms with Gasteiger partial charge in [-0.3, -0.25) is 0 Å². The molecule has 0 spiro atoms. The van der Waals surface area contributed by atoms with E-state index in [1.54, 1.807) is 6.20 Å². The summed E-state index contributed by atoms with van der Waals surface area (Å²) in [4.78, 5) is 5.23. The summed E-state index contributed by atoms with van der Waals surface area (Å²) in [6.07, 6.45) is 3.00. The lowest BCUT2D eigenvalue weighted by Gasteiger charge is -2.14. The molecule has 0 saturated heterocycles. The van der Waals surface area contributed by atoms with Crippen molar-refractivity contribution in [3.63, 3.8) is 0 Å². The van der Waals surface area contributed by atoms with Crippen molar-refractivity contribution in [2.75, 3.05) is 6.26 Å². The molecule has 0 amide bonds. The van der Waals surface area contributed by atoms with Crippen LogP contribution in [0.15, 0.2) is 6.20 Å². The molecule has 1 rings (SSSR count). The molecule has 0 bridgehead atoms. The zero-order valence-corrected chi connectivity index (χ0v) is 10.5. The molecule has 0 atom stereocenters. The standard InChI is InChI=1S/C9H15NO2S2/c1-9(2,3)7-5-10-8(13-7)6-14(4,11)12/h5H,6H2,1-4H3. The van der Waals surface area contributed by atoms with Gasteiger partial charge in [-0.2, -0.15) is 0 Å². The molecule has 0 fully saturated rings. The van der Waals surface area contributed by atoms with Crippen molar-refractivity contribution in [2.45, 2.75) is 31.9 Å². The second kappa shape index (κ2) is 3.62. The highest BCUT2D eigenvalue weighted by Gasteiger charge is 2.18. The summed E-state index contributed by atoms with van der Waals surface area (Å²) < 4.78 is 22.1. The number of sulfone groups is 1. The lowest BCUT2D eigenvalue weighted by Crippen LogP contribution is -2.07. The maximum atomic E-state index is 11.0. The number of rotatable bonds is 2. The molecule has 0 aliphatic carbocycles. The zero-order valence-electron chi connectivity index (χ0n) is 8.86. The van der Waals surface area contributed by atoms with Gasteiger partial charge in [-0.25, -0.2) is 13.4 Å². The largest absolute Gasteiger partial charge is 0.248 e. The molecule has 1 aromatic rings. The fraction of sp³-hybridized carbons (Fsp3) is 0.667. The van der Waals surface area contributed by atoms with E-state index in [2.05, 4.69) is 25.8 Å². The maximum absolute atomic E-state index is 11.0. The molecule has 0 aliphatic heterocycles. The molecule has 0 N–H and O–H groups in total. The average molecular weight is 233 g/mol. The lowest BCUT2D eigenvalue weighted by molar-refractivity contribution is 0.601. The first-order valence-corrected chi connectivity index (χ1v) is 7.19. The summed E-state index contributed by atoms with van der Waals surface area (Å²) in [6.45, 7) is 6.26. The van der Waals surface area contributed by atoms with Crippen molar-refractivity contribution in [3.8, 4) is 0 Å². The van der Waals surface area contributed by atoms with Gasteiger partial charge in [0.15, 0.2) is 9.84 Å². The summed E-state index contributed by atoms with van der Waals surface area (Å²) in [5, 5.41) is 0.678. The van der Waals surface area contributed by atoms with Crippen LogP contribution in [0.4, 0.5) is 0 Å². The third kappa shape index (κ3) is 3.38. The fourth-order valence-electron chi connectivity index (χ4n) is 0.948. The normalized spacial score (nSPS) is 13.1. The summed E-state index contributed by atoms with van der Waals surface area (Å²) in [5.74, 6) is 0.0494. The van der Waals surface area contributed by atoms with Gasteiger partial charge in [0.05, 0.1) is 0 Å². The molecule has 80 valence electrons. The van der Waals surface area contributed by atoms with Crippen LogP contribution in [0.1, 0.15) is 30.7 Å². The SMILES string of the molecule is CC(C)(C)c1cnc(CS(C)(=O)=O)s1. The van der Waals surface area contributed by atoms with Gasteiger partial charge in [0, 0.05) is 17.3 Å². The van der Waals surface area contributed by atoms with Crippen molar-refractivity contribution < 1.29 is 8.42 Å². The first kappa shape index (κ1) is 11.7. The zero-order chi connectivity index (χ0) is 11.0. The molecule has 1 aromatic heterocycles. The molecule has 5 heteroatoms. The van der Waals surface area contributed by atoms with E-state index in [1.807, 2.05) is 0 Å². The number of thiazole rings is 1. The molecule has 0 radical (unpaired) electrons. The van der Waals surface area contributed by atoms with Gasteiger partial charge in [0.1, 0.15) is 10.8 Å². The molecular weight excluding hydrogens is 218 g/mol. The highest BCUT2D eigenvalue weighted by Crippen LogP contribution is 2.28. The van der Waals surface area contributed by atoms with Gasteiger partial charge >= 0.3 is 0 Å². The van der Waals surface area contributed by atoms with E-state index in [-0.39, 0.29) is 11.2 Å². The molecule has 0 saturated carbocycles. The summed E-state index contributed by atoms with van der Waals surface area (Å²) >= 11 is 1.48. The molecule has 3 nitrogen and oxygen atoms in total. The second-order valence-corrected chi connectivity index (χ2v) is 7.69. The van der Waals surface area contributed by atoms with Crippen molar-refractivity contribution >= 4 is 21.2 Å². The van der Waals surface area contributed by atoms with Crippen LogP contribution in [0.5, 0.6) is 0 Å². The predicted octanol–water partition coefficient (Wildman–Crippen LogP) is 1.99. The highest BCUT2D eigenvalue weighted by atomic mass is 32.2. The Bertz CT molecular complexity index is 412. The van der Waals surface area contributed by atoms with Crippen LogP contribution < -0.4 is 0 Å². The summed E-state index contributed by atoms with van der Waals surface area (Å²) in [5.41, 5.74) is 0.0490. The Morgan fingerprint density at radius 3 is 2.36 bits per heavy atom. The number of nitrogens with zero attached hydrogens (tertiary/aromatic N) is 1. The third-order valence-corrected chi connectivity index (χ3v) is 4.08. The maximum Gasteiger partial charge on any atom is 0.153 e. The Labute approximate surface area is 89.1 Å². The van der Waals surface area contributed by atoms with Crippen LogP contribution in [-0.4, -0.2) is 19.7 Å². The van der Waals surface area contributed by atoms with E-state index in [0.717, 1.165) is 4.88 Å². The minimum Gasteiger partial charge on any atom is -0.248 e. The first-order chi connectivity index (χ1) is 6.18. The van der Waals surface area contributed by atoms with Crippen molar-refractivity contribution in [3.05, 3.63) is 16.1 Å². The Morgan fingerprint density at radius 2 is 2.00 bits per heavy atom. The molecule has 0 aliphatic rings. The van der Waals surface area contributed by atoms with Crippen molar-refractivity contribution in [1.29, 1.82) is 0 Å². The van der Waals surface area contributed by atoms with Gasteiger partial charge in [-0.1, -0.05) is 20.8 Å². The number of aromatic nitrogens is 1. The van der Waals surface area contributed by atoms with Gasteiger partial charge in [0.25, 0.3) is 0 Å². The van der Waals surface area contributed by atoms with E-state index in [0.29, 0.717) is 5.01 Å². The van der Waals surface area contributed by atoms with Gasteiger partial charge < -0.3 is 0 Å². The minimum absolute atomic E-state index is 0.0490. The molecule has 0 unspecified atom stereocenters. The van der Waals surface area contributed by atoms with Crippen LogP contribution in [0, 0.1) is 0 Å². The molecule has 0 aromatic carbocycles. The van der Waals surface area contributed by atoms with Gasteiger partial charge in [-0.15, -0.1) is 11.3 Å². The Hall–Kier alpha value is -0.420. The summed E-state index contributed by atoms with van der Waals surface area (Å²) in [6, 6.07) is 0. The smallest absolute Gasteiger partial charge is 0.153 e. The van der Waals surface area contributed by atoms with Crippen molar-refractivity contribution in [1.82, 2.24) is 4.98 Å². The predicted molar refractivity (Wildman–Crippen MR) is 59.4 cm³/mol. The number of hydrogen-bond donors (Lipinski definition) is 0. The topological polar surface area (TPSA) is 47.0 Å². The summed E-state index contributed by atoms with van der Waals surface area (Å²) in [7, 11) is -2.96. The Kier molecular flexibility index (Phi) is 3.02. The van der Waals surface area contributed by atoms with E-state index in [4.69, 9.17) is 0 Å². The Balaban J connectivity index is 2.90. The highest BCUT2D eigenvalue weighted by molar-refractivity contribution is 7.90. The minimum atomic E-state index is -2.96. The van der Waals surface area contributed by atoms with Crippen LogP contribution in [0.3, 0.4) is 0 Å². The molecule has 1 heterocycles. The van der Waals surface area contributed by atoms with Crippen LogP contribution in [0.25, 0.3) is 0 Å². The van der Waals surface area contributed by atoms with Crippen LogP contribution in [0.2, 0.25) is 0 Å². The van der Waals surface area contributed by atoms with Gasteiger partial charge in [0.2, 0.25) is 0 Å². The number of hydrogen-bond acceptors (Lipinski definition) is 4. The van der Waals surface area contributed by atoms with Gasteiger partial charge in [-0.05, 0) is 5.41 Å². The third-order valence-electron chi connectivity index (χ3n) is 1.68. The van der Waals surface area contributed by atoms with E-state index < -0.39 is 9.84 Å². The fourth-order valence-corrected chi connectivity index (χ4v) is 3.12. The Morgan fingerprint density at radius 1 is 1.43 bits per heavy atom.